The van der Waals surface area contributed by atoms with Crippen LogP contribution >= 0.6 is 0 Å². The topological polar surface area (TPSA) is 38.0 Å². The maximum Gasteiger partial charge on any atom is 0.0222 e. The molecular weight excluding hydrogens is 172 g/mol. The van der Waals surface area contributed by atoms with E-state index in [4.69, 9.17) is 5.73 Å². The van der Waals surface area contributed by atoms with Crippen LogP contribution in [0.1, 0.15) is 39.5 Å². The van der Waals surface area contributed by atoms with Gasteiger partial charge in [0.1, 0.15) is 0 Å². The summed E-state index contributed by atoms with van der Waals surface area (Å²) in [6, 6.07) is 0. The summed E-state index contributed by atoms with van der Waals surface area (Å²) >= 11 is 0. The van der Waals surface area contributed by atoms with Crippen LogP contribution in [0, 0.1) is 5.92 Å². The Kier molecular flexibility index (Phi) is 4.63. The SMILES string of the molecule is CCC/C=C\C1CC1(C)NCCCN. The molecule has 2 heteroatoms. The summed E-state index contributed by atoms with van der Waals surface area (Å²) in [7, 11) is 0. The van der Waals surface area contributed by atoms with Crippen LogP contribution in [0.25, 0.3) is 0 Å². The molecule has 0 bridgehead atoms. The van der Waals surface area contributed by atoms with Gasteiger partial charge in [-0.2, -0.15) is 0 Å². The van der Waals surface area contributed by atoms with Crippen molar-refractivity contribution < 1.29 is 0 Å². The molecule has 0 aliphatic heterocycles. The molecule has 0 aromatic carbocycles. The monoisotopic (exact) mass is 196 g/mol. The first-order valence-electron chi connectivity index (χ1n) is 5.84. The van der Waals surface area contributed by atoms with E-state index in [0.29, 0.717) is 5.54 Å². The van der Waals surface area contributed by atoms with Gasteiger partial charge in [-0.3, -0.25) is 0 Å². The van der Waals surface area contributed by atoms with Crippen LogP contribution in [0.2, 0.25) is 0 Å². The number of rotatable bonds is 7. The second kappa shape index (κ2) is 5.52. The smallest absolute Gasteiger partial charge is 0.0222 e. The molecule has 2 unspecified atom stereocenters. The molecule has 2 nitrogen and oxygen atoms in total. The second-order valence-corrected chi connectivity index (χ2v) is 4.51. The molecular formula is C12H24N2. The molecule has 2 atom stereocenters. The lowest BCUT2D eigenvalue weighted by Crippen LogP contribution is -2.31. The Morgan fingerprint density at radius 2 is 2.36 bits per heavy atom. The van der Waals surface area contributed by atoms with Crippen LogP contribution in [0.4, 0.5) is 0 Å². The average Bonchev–Trinajstić information content (AvgIpc) is 2.79. The van der Waals surface area contributed by atoms with Crippen molar-refractivity contribution >= 4 is 0 Å². The molecule has 3 N–H and O–H groups in total. The zero-order valence-corrected chi connectivity index (χ0v) is 9.55. The van der Waals surface area contributed by atoms with Crippen LogP contribution < -0.4 is 11.1 Å². The van der Waals surface area contributed by atoms with E-state index in [2.05, 4.69) is 31.3 Å². The summed E-state index contributed by atoms with van der Waals surface area (Å²) in [4.78, 5) is 0. The molecule has 1 fully saturated rings. The summed E-state index contributed by atoms with van der Waals surface area (Å²) in [6.45, 7) is 6.38. The van der Waals surface area contributed by atoms with Gasteiger partial charge in [0, 0.05) is 5.54 Å². The quantitative estimate of drug-likeness (QED) is 0.483. The lowest BCUT2D eigenvalue weighted by atomic mass is 10.2. The Morgan fingerprint density at radius 1 is 1.57 bits per heavy atom. The first-order chi connectivity index (χ1) is 6.73. The van der Waals surface area contributed by atoms with E-state index in [1.54, 1.807) is 0 Å². The van der Waals surface area contributed by atoms with Gasteiger partial charge >= 0.3 is 0 Å². The van der Waals surface area contributed by atoms with Gasteiger partial charge in [0.15, 0.2) is 0 Å². The van der Waals surface area contributed by atoms with Crippen molar-refractivity contribution in [3.05, 3.63) is 12.2 Å². The van der Waals surface area contributed by atoms with Crippen molar-refractivity contribution in [2.75, 3.05) is 13.1 Å². The molecule has 0 aromatic rings. The van der Waals surface area contributed by atoms with Gasteiger partial charge in [0.25, 0.3) is 0 Å². The van der Waals surface area contributed by atoms with E-state index in [1.807, 2.05) is 0 Å². The van der Waals surface area contributed by atoms with Gasteiger partial charge in [-0.25, -0.2) is 0 Å². The second-order valence-electron chi connectivity index (χ2n) is 4.51. The fraction of sp³-hybridized carbons (Fsp3) is 0.833. The van der Waals surface area contributed by atoms with Crippen LogP contribution in [-0.4, -0.2) is 18.6 Å². The predicted molar refractivity (Wildman–Crippen MR) is 62.2 cm³/mol. The Bertz CT molecular complexity index is 189. The Labute approximate surface area is 87.9 Å². The van der Waals surface area contributed by atoms with Crippen LogP contribution in [-0.2, 0) is 0 Å². The first-order valence-corrected chi connectivity index (χ1v) is 5.84. The lowest BCUT2D eigenvalue weighted by Gasteiger charge is -2.11. The zero-order chi connectivity index (χ0) is 10.4. The predicted octanol–water partition coefficient (Wildman–Crippen LogP) is 2.06. The van der Waals surface area contributed by atoms with Crippen molar-refractivity contribution in [3.8, 4) is 0 Å². The van der Waals surface area contributed by atoms with Gasteiger partial charge in [-0.1, -0.05) is 25.5 Å². The molecule has 1 aliphatic rings. The van der Waals surface area contributed by atoms with Gasteiger partial charge in [-0.15, -0.1) is 0 Å². The molecule has 0 saturated heterocycles. The molecule has 14 heavy (non-hydrogen) atoms. The van der Waals surface area contributed by atoms with Crippen molar-refractivity contribution in [2.24, 2.45) is 11.7 Å². The molecule has 0 radical (unpaired) electrons. The fourth-order valence-electron chi connectivity index (χ4n) is 1.78. The number of nitrogens with two attached hydrogens (primary N) is 1. The Morgan fingerprint density at radius 3 is 3.00 bits per heavy atom. The largest absolute Gasteiger partial charge is 0.330 e. The minimum atomic E-state index is 0.374. The molecule has 82 valence electrons. The maximum absolute atomic E-state index is 5.46. The highest BCUT2D eigenvalue weighted by molar-refractivity contribution is 5.15. The highest BCUT2D eigenvalue weighted by atomic mass is 15.0. The summed E-state index contributed by atoms with van der Waals surface area (Å²) in [5, 5.41) is 3.58. The average molecular weight is 196 g/mol. The Hall–Kier alpha value is -0.340. The number of hydrogen-bond donors (Lipinski definition) is 2. The minimum Gasteiger partial charge on any atom is -0.330 e. The zero-order valence-electron chi connectivity index (χ0n) is 9.55. The first kappa shape index (κ1) is 11.7. The molecule has 1 aliphatic carbocycles. The van der Waals surface area contributed by atoms with Gasteiger partial charge < -0.3 is 11.1 Å². The molecule has 0 spiro atoms. The number of allylic oxidation sites excluding steroid dienone is 1. The summed E-state index contributed by atoms with van der Waals surface area (Å²) in [5.74, 6) is 0.756. The van der Waals surface area contributed by atoms with Gasteiger partial charge in [-0.05, 0) is 45.2 Å². The fourth-order valence-corrected chi connectivity index (χ4v) is 1.78. The van der Waals surface area contributed by atoms with E-state index in [0.717, 1.165) is 25.4 Å². The number of hydrogen-bond acceptors (Lipinski definition) is 2. The number of unbranched alkanes of at least 4 members (excludes halogenated alkanes) is 1. The third kappa shape index (κ3) is 3.43. The summed E-state index contributed by atoms with van der Waals surface area (Å²) in [5.41, 5.74) is 5.83. The third-order valence-corrected chi connectivity index (χ3v) is 3.04. The van der Waals surface area contributed by atoms with E-state index in [9.17, 15) is 0 Å². The number of nitrogens with one attached hydrogen (secondary N) is 1. The highest BCUT2D eigenvalue weighted by Gasteiger charge is 2.47. The standard InChI is InChI=1S/C12H24N2/c1-3-4-5-7-11-10-12(11,2)14-9-6-8-13/h5,7,11,14H,3-4,6,8-10,13H2,1-2H3/b7-5-. The third-order valence-electron chi connectivity index (χ3n) is 3.04. The van der Waals surface area contributed by atoms with E-state index in [-0.39, 0.29) is 0 Å². The molecule has 1 rings (SSSR count). The maximum atomic E-state index is 5.46. The Balaban J connectivity index is 2.14. The van der Waals surface area contributed by atoms with Crippen molar-refractivity contribution in [1.82, 2.24) is 5.32 Å². The summed E-state index contributed by atoms with van der Waals surface area (Å²) < 4.78 is 0. The van der Waals surface area contributed by atoms with E-state index >= 15 is 0 Å². The van der Waals surface area contributed by atoms with Gasteiger partial charge in [0.2, 0.25) is 0 Å². The molecule has 1 saturated carbocycles. The van der Waals surface area contributed by atoms with Crippen molar-refractivity contribution in [1.29, 1.82) is 0 Å². The van der Waals surface area contributed by atoms with E-state index in [1.165, 1.54) is 19.3 Å². The van der Waals surface area contributed by atoms with E-state index < -0.39 is 0 Å². The molecule has 0 aromatic heterocycles. The minimum absolute atomic E-state index is 0.374. The van der Waals surface area contributed by atoms with Crippen LogP contribution in [0.5, 0.6) is 0 Å². The van der Waals surface area contributed by atoms with Crippen LogP contribution in [0.15, 0.2) is 12.2 Å². The van der Waals surface area contributed by atoms with Gasteiger partial charge in [0.05, 0.1) is 0 Å². The highest BCUT2D eigenvalue weighted by Crippen LogP contribution is 2.43. The molecule has 0 amide bonds. The normalized spacial score (nSPS) is 31.2. The summed E-state index contributed by atoms with van der Waals surface area (Å²) in [6.07, 6.45) is 9.54. The molecule has 0 heterocycles. The van der Waals surface area contributed by atoms with Crippen molar-refractivity contribution in [3.63, 3.8) is 0 Å². The van der Waals surface area contributed by atoms with Crippen molar-refractivity contribution in [2.45, 2.75) is 45.1 Å². The lowest BCUT2D eigenvalue weighted by molar-refractivity contribution is 0.509. The van der Waals surface area contributed by atoms with Crippen LogP contribution in [0.3, 0.4) is 0 Å².